The normalized spacial score (nSPS) is 10.8. The molecule has 4 nitrogen and oxygen atoms in total. The smallest absolute Gasteiger partial charge is 0.166 e. The molecule has 0 aliphatic heterocycles. The van der Waals surface area contributed by atoms with Crippen molar-refractivity contribution in [2.75, 3.05) is 0 Å². The molecule has 0 radical (unpaired) electrons. The second-order valence-corrected chi connectivity index (χ2v) is 4.20. The molecule has 4 heteroatoms. The number of aryl methyl sites for hydroxylation is 4. The summed E-state index contributed by atoms with van der Waals surface area (Å²) in [4.78, 5) is 16.2. The molecular formula is C13H16N2O2. The van der Waals surface area contributed by atoms with E-state index in [1.165, 1.54) is 0 Å². The number of hydrogen-bond donors (Lipinski definition) is 0. The predicted molar refractivity (Wildman–Crippen MR) is 64.0 cm³/mol. The van der Waals surface area contributed by atoms with Crippen LogP contribution in [0.1, 0.15) is 34.1 Å². The quantitative estimate of drug-likeness (QED) is 0.761. The Morgan fingerprint density at radius 2 is 2.24 bits per heavy atom. The molecule has 0 saturated carbocycles. The second kappa shape index (κ2) is 4.57. The minimum Gasteiger partial charge on any atom is -0.466 e. The minimum atomic E-state index is 0.113. The molecule has 2 aromatic rings. The van der Waals surface area contributed by atoms with E-state index in [2.05, 4.69) is 4.98 Å². The number of ketones is 1. The van der Waals surface area contributed by atoms with Crippen molar-refractivity contribution in [1.82, 2.24) is 9.55 Å². The molecule has 0 N–H and O–H groups in total. The van der Waals surface area contributed by atoms with Gasteiger partial charge in [-0.15, -0.1) is 0 Å². The van der Waals surface area contributed by atoms with Crippen molar-refractivity contribution >= 4 is 5.78 Å². The zero-order valence-corrected chi connectivity index (χ0v) is 10.4. The highest BCUT2D eigenvalue weighted by Crippen LogP contribution is 2.16. The van der Waals surface area contributed by atoms with Gasteiger partial charge in [0.15, 0.2) is 5.78 Å². The number of hydrogen-bond acceptors (Lipinski definition) is 3. The summed E-state index contributed by atoms with van der Waals surface area (Å²) in [5.74, 6) is 2.52. The standard InChI is InChI=1S/C13H16N2O2/c1-9-8-11(10(2)17-9)12(16)4-5-13-14-6-7-15(13)3/h6-8H,4-5H2,1-3H3. The van der Waals surface area contributed by atoms with E-state index in [0.717, 1.165) is 11.6 Å². The Kier molecular flexibility index (Phi) is 3.13. The Balaban J connectivity index is 2.03. The van der Waals surface area contributed by atoms with Crippen molar-refractivity contribution < 1.29 is 9.21 Å². The van der Waals surface area contributed by atoms with E-state index in [4.69, 9.17) is 4.42 Å². The number of rotatable bonds is 4. The van der Waals surface area contributed by atoms with Gasteiger partial charge in [0.2, 0.25) is 0 Å². The lowest BCUT2D eigenvalue weighted by molar-refractivity contribution is 0.0980. The van der Waals surface area contributed by atoms with E-state index in [0.29, 0.717) is 24.2 Å². The molecule has 0 aliphatic carbocycles. The summed E-state index contributed by atoms with van der Waals surface area (Å²) in [5.41, 5.74) is 0.691. The van der Waals surface area contributed by atoms with Gasteiger partial charge in [-0.2, -0.15) is 0 Å². The van der Waals surface area contributed by atoms with Crippen LogP contribution in [0.5, 0.6) is 0 Å². The van der Waals surface area contributed by atoms with Crippen molar-refractivity contribution in [3.05, 3.63) is 41.4 Å². The van der Waals surface area contributed by atoms with Crippen molar-refractivity contribution in [1.29, 1.82) is 0 Å². The van der Waals surface area contributed by atoms with Crippen molar-refractivity contribution in [2.45, 2.75) is 26.7 Å². The van der Waals surface area contributed by atoms with E-state index in [-0.39, 0.29) is 5.78 Å². The molecular weight excluding hydrogens is 216 g/mol. The molecule has 0 unspecified atom stereocenters. The summed E-state index contributed by atoms with van der Waals surface area (Å²) in [6.07, 6.45) is 4.75. The Labute approximate surface area is 100 Å². The average molecular weight is 232 g/mol. The monoisotopic (exact) mass is 232 g/mol. The zero-order valence-electron chi connectivity index (χ0n) is 10.4. The highest BCUT2D eigenvalue weighted by Gasteiger charge is 2.14. The van der Waals surface area contributed by atoms with Crippen LogP contribution in [0.15, 0.2) is 22.9 Å². The van der Waals surface area contributed by atoms with Gasteiger partial charge in [0.05, 0.1) is 5.56 Å². The van der Waals surface area contributed by atoms with Crippen LogP contribution in [0.25, 0.3) is 0 Å². The maximum absolute atomic E-state index is 12.0. The van der Waals surface area contributed by atoms with E-state index in [1.807, 2.05) is 31.7 Å². The first-order chi connectivity index (χ1) is 8.08. The zero-order chi connectivity index (χ0) is 12.4. The molecule has 90 valence electrons. The average Bonchev–Trinajstić information content (AvgIpc) is 2.81. The molecule has 0 aromatic carbocycles. The second-order valence-electron chi connectivity index (χ2n) is 4.20. The van der Waals surface area contributed by atoms with Crippen LogP contribution in [0.3, 0.4) is 0 Å². The summed E-state index contributed by atoms with van der Waals surface area (Å²) in [5, 5.41) is 0. The van der Waals surface area contributed by atoms with Crippen LogP contribution in [0, 0.1) is 13.8 Å². The lowest BCUT2D eigenvalue weighted by atomic mass is 10.1. The number of furan rings is 1. The minimum absolute atomic E-state index is 0.113. The largest absolute Gasteiger partial charge is 0.466 e. The van der Waals surface area contributed by atoms with Gasteiger partial charge in [0.1, 0.15) is 17.3 Å². The maximum Gasteiger partial charge on any atom is 0.166 e. The first-order valence-corrected chi connectivity index (χ1v) is 5.64. The Morgan fingerprint density at radius 1 is 1.47 bits per heavy atom. The summed E-state index contributed by atoms with van der Waals surface area (Å²) >= 11 is 0. The lowest BCUT2D eigenvalue weighted by Gasteiger charge is -2.00. The van der Waals surface area contributed by atoms with Crippen LogP contribution in [-0.2, 0) is 13.5 Å². The predicted octanol–water partition coefficient (Wildman–Crippen LogP) is 2.45. The number of aromatic nitrogens is 2. The van der Waals surface area contributed by atoms with Crippen molar-refractivity contribution in [3.63, 3.8) is 0 Å². The van der Waals surface area contributed by atoms with Crippen LogP contribution >= 0.6 is 0 Å². The van der Waals surface area contributed by atoms with Crippen molar-refractivity contribution in [3.8, 4) is 0 Å². The van der Waals surface area contributed by atoms with Gasteiger partial charge < -0.3 is 8.98 Å². The van der Waals surface area contributed by atoms with Gasteiger partial charge in [0, 0.05) is 32.3 Å². The van der Waals surface area contributed by atoms with E-state index < -0.39 is 0 Å². The van der Waals surface area contributed by atoms with Gasteiger partial charge in [-0.25, -0.2) is 4.98 Å². The lowest BCUT2D eigenvalue weighted by Crippen LogP contribution is -2.05. The summed E-state index contributed by atoms with van der Waals surface area (Å²) in [6.45, 7) is 3.67. The Bertz CT molecular complexity index is 537. The van der Waals surface area contributed by atoms with Gasteiger partial charge in [-0.05, 0) is 19.9 Å². The molecule has 17 heavy (non-hydrogen) atoms. The molecule has 2 rings (SSSR count). The molecule has 0 saturated heterocycles. The van der Waals surface area contributed by atoms with Crippen molar-refractivity contribution in [2.24, 2.45) is 7.05 Å². The van der Waals surface area contributed by atoms with Gasteiger partial charge >= 0.3 is 0 Å². The molecule has 2 heterocycles. The molecule has 0 aliphatic rings. The molecule has 0 fully saturated rings. The maximum atomic E-state index is 12.0. The molecule has 0 bridgehead atoms. The summed E-state index contributed by atoms with van der Waals surface area (Å²) in [6, 6.07) is 1.80. The number of carbonyl (C=O) groups is 1. The fourth-order valence-corrected chi connectivity index (χ4v) is 1.91. The van der Waals surface area contributed by atoms with E-state index >= 15 is 0 Å². The number of imidazole rings is 1. The SMILES string of the molecule is Cc1cc(C(=O)CCc2nccn2C)c(C)o1. The fraction of sp³-hybridized carbons (Fsp3) is 0.385. The van der Waals surface area contributed by atoms with Crippen LogP contribution in [0.4, 0.5) is 0 Å². The highest BCUT2D eigenvalue weighted by molar-refractivity contribution is 5.97. The topological polar surface area (TPSA) is 48.0 Å². The van der Waals surface area contributed by atoms with Crippen LogP contribution < -0.4 is 0 Å². The van der Waals surface area contributed by atoms with Crippen LogP contribution in [-0.4, -0.2) is 15.3 Å². The first-order valence-electron chi connectivity index (χ1n) is 5.64. The Hall–Kier alpha value is -1.84. The summed E-state index contributed by atoms with van der Waals surface area (Å²) < 4.78 is 7.29. The Morgan fingerprint density at radius 3 is 2.76 bits per heavy atom. The fourth-order valence-electron chi connectivity index (χ4n) is 1.91. The highest BCUT2D eigenvalue weighted by atomic mass is 16.3. The molecule has 0 spiro atoms. The first kappa shape index (κ1) is 11.6. The molecule has 0 atom stereocenters. The number of nitrogens with zero attached hydrogens (tertiary/aromatic N) is 2. The molecule has 0 amide bonds. The van der Waals surface area contributed by atoms with Gasteiger partial charge in [-0.3, -0.25) is 4.79 Å². The van der Waals surface area contributed by atoms with E-state index in [9.17, 15) is 4.79 Å². The number of carbonyl (C=O) groups excluding carboxylic acids is 1. The van der Waals surface area contributed by atoms with E-state index in [1.54, 1.807) is 12.3 Å². The third-order valence-electron chi connectivity index (χ3n) is 2.84. The number of Topliss-reactive ketones (excluding diaryl/α,β-unsaturated/α-hetero) is 1. The summed E-state index contributed by atoms with van der Waals surface area (Å²) in [7, 11) is 1.93. The van der Waals surface area contributed by atoms with Crippen LogP contribution in [0.2, 0.25) is 0 Å². The molecule has 2 aromatic heterocycles. The third-order valence-corrected chi connectivity index (χ3v) is 2.84. The third kappa shape index (κ3) is 2.46. The van der Waals surface area contributed by atoms with Gasteiger partial charge in [-0.1, -0.05) is 0 Å². The van der Waals surface area contributed by atoms with Gasteiger partial charge in [0.25, 0.3) is 0 Å².